The van der Waals surface area contributed by atoms with Crippen molar-refractivity contribution in [2.45, 2.75) is 26.3 Å². The molecule has 2 amide bonds. The van der Waals surface area contributed by atoms with Crippen molar-refractivity contribution in [1.29, 1.82) is 0 Å². The van der Waals surface area contributed by atoms with Gasteiger partial charge in [-0.2, -0.15) is 0 Å². The Morgan fingerprint density at radius 1 is 1.50 bits per heavy atom. The quantitative estimate of drug-likeness (QED) is 0.574. The van der Waals surface area contributed by atoms with Gasteiger partial charge >= 0.3 is 12.0 Å². The first-order chi connectivity index (χ1) is 8.63. The van der Waals surface area contributed by atoms with Crippen molar-refractivity contribution < 1.29 is 14.7 Å². The Morgan fingerprint density at radius 3 is 2.83 bits per heavy atom. The van der Waals surface area contributed by atoms with Gasteiger partial charge < -0.3 is 20.7 Å². The summed E-state index contributed by atoms with van der Waals surface area (Å²) in [5.74, 6) is -1.42. The van der Waals surface area contributed by atoms with Gasteiger partial charge in [-0.1, -0.05) is 13.3 Å². The summed E-state index contributed by atoms with van der Waals surface area (Å²) in [5.41, 5.74) is 0.786. The lowest BCUT2D eigenvalue weighted by Gasteiger charge is -2.12. The van der Waals surface area contributed by atoms with E-state index in [1.54, 1.807) is 6.20 Å². The van der Waals surface area contributed by atoms with Crippen molar-refractivity contribution in [2.75, 3.05) is 6.54 Å². The van der Waals surface area contributed by atoms with E-state index in [0.717, 1.165) is 12.1 Å². The van der Waals surface area contributed by atoms with Crippen LogP contribution < -0.4 is 10.6 Å². The lowest BCUT2D eigenvalue weighted by molar-refractivity contribution is -0.141. The van der Waals surface area contributed by atoms with Gasteiger partial charge in [0.2, 0.25) is 0 Å². The van der Waals surface area contributed by atoms with Gasteiger partial charge in [0, 0.05) is 12.7 Å². The first kappa shape index (κ1) is 14.0. The van der Waals surface area contributed by atoms with Crippen molar-refractivity contribution in [3.63, 3.8) is 0 Å². The van der Waals surface area contributed by atoms with E-state index in [1.807, 2.05) is 6.92 Å². The summed E-state index contributed by atoms with van der Waals surface area (Å²) in [7, 11) is 0. The van der Waals surface area contributed by atoms with E-state index < -0.39 is 11.9 Å². The zero-order valence-corrected chi connectivity index (χ0v) is 10.3. The molecule has 0 fully saturated rings. The van der Waals surface area contributed by atoms with Crippen molar-refractivity contribution in [3.8, 4) is 0 Å². The Labute approximate surface area is 105 Å². The minimum atomic E-state index is -0.884. The number of nitrogens with one attached hydrogen (secondary N) is 3. The second kappa shape index (κ2) is 7.31. The van der Waals surface area contributed by atoms with Crippen LogP contribution in [-0.2, 0) is 11.3 Å². The molecule has 1 aromatic heterocycles. The maximum Gasteiger partial charge on any atom is 0.315 e. The highest BCUT2D eigenvalue weighted by Gasteiger charge is 2.16. The van der Waals surface area contributed by atoms with Crippen molar-refractivity contribution >= 4 is 12.0 Å². The highest BCUT2D eigenvalue weighted by atomic mass is 16.4. The van der Waals surface area contributed by atoms with E-state index in [9.17, 15) is 9.59 Å². The molecule has 1 rings (SSSR count). The molecule has 0 radical (unpaired) electrons. The van der Waals surface area contributed by atoms with E-state index in [1.165, 1.54) is 6.33 Å². The Kier molecular flexibility index (Phi) is 5.69. The van der Waals surface area contributed by atoms with Gasteiger partial charge in [0.05, 0.1) is 24.5 Å². The van der Waals surface area contributed by atoms with E-state index in [0.29, 0.717) is 13.0 Å². The fourth-order valence-corrected chi connectivity index (χ4v) is 1.50. The molecule has 0 aliphatic heterocycles. The molecule has 100 valence electrons. The standard InChI is InChI=1S/C11H18N4O3/c1-2-3-8(10(16)17)4-13-11(18)14-6-9-5-12-7-15-9/h5,7-8H,2-4,6H2,1H3,(H,12,15)(H,16,17)(H2,13,14,18). The number of nitrogens with zero attached hydrogens (tertiary/aromatic N) is 1. The Balaban J connectivity index is 2.25. The van der Waals surface area contributed by atoms with Crippen LogP contribution in [0, 0.1) is 5.92 Å². The van der Waals surface area contributed by atoms with Crippen molar-refractivity contribution in [1.82, 2.24) is 20.6 Å². The highest BCUT2D eigenvalue weighted by molar-refractivity contribution is 5.75. The molecule has 18 heavy (non-hydrogen) atoms. The molecule has 0 spiro atoms. The highest BCUT2D eigenvalue weighted by Crippen LogP contribution is 2.04. The zero-order valence-electron chi connectivity index (χ0n) is 10.3. The lowest BCUT2D eigenvalue weighted by Crippen LogP contribution is -2.39. The monoisotopic (exact) mass is 254 g/mol. The van der Waals surface area contributed by atoms with Gasteiger partial charge in [-0.3, -0.25) is 4.79 Å². The fourth-order valence-electron chi connectivity index (χ4n) is 1.50. The smallest absolute Gasteiger partial charge is 0.315 e. The number of carbonyl (C=O) groups is 2. The van der Waals surface area contributed by atoms with Crippen molar-refractivity contribution in [3.05, 3.63) is 18.2 Å². The number of aliphatic carboxylic acids is 1. The van der Waals surface area contributed by atoms with Gasteiger partial charge in [-0.15, -0.1) is 0 Å². The number of aromatic nitrogens is 2. The maximum atomic E-state index is 11.4. The number of hydrogen-bond donors (Lipinski definition) is 4. The number of H-pyrrole nitrogens is 1. The SMILES string of the molecule is CCCC(CNC(=O)NCc1cnc[nH]1)C(=O)O. The topological polar surface area (TPSA) is 107 Å². The average molecular weight is 254 g/mol. The third-order valence-electron chi connectivity index (χ3n) is 2.49. The Morgan fingerprint density at radius 2 is 2.28 bits per heavy atom. The van der Waals surface area contributed by atoms with Crippen LogP contribution in [0.1, 0.15) is 25.5 Å². The lowest BCUT2D eigenvalue weighted by atomic mass is 10.0. The zero-order chi connectivity index (χ0) is 13.4. The Bertz CT molecular complexity index is 378. The molecule has 0 bridgehead atoms. The summed E-state index contributed by atoms with van der Waals surface area (Å²) in [5, 5.41) is 14.1. The molecule has 1 aromatic rings. The van der Waals surface area contributed by atoms with Gasteiger partial charge in [-0.05, 0) is 6.42 Å². The number of imidazole rings is 1. The first-order valence-electron chi connectivity index (χ1n) is 5.85. The molecular weight excluding hydrogens is 236 g/mol. The minimum absolute atomic E-state index is 0.137. The van der Waals surface area contributed by atoms with E-state index >= 15 is 0 Å². The molecule has 0 aliphatic rings. The molecule has 4 N–H and O–H groups in total. The van der Waals surface area contributed by atoms with Crippen LogP contribution in [-0.4, -0.2) is 33.6 Å². The summed E-state index contributed by atoms with van der Waals surface area (Å²) in [6.07, 6.45) is 4.46. The number of aromatic amines is 1. The largest absolute Gasteiger partial charge is 0.481 e. The van der Waals surface area contributed by atoms with Crippen LogP contribution in [0.4, 0.5) is 4.79 Å². The normalized spacial score (nSPS) is 11.8. The van der Waals surface area contributed by atoms with Crippen LogP contribution in [0.3, 0.4) is 0 Å². The number of carboxylic acid groups (broad SMARTS) is 1. The molecule has 0 aliphatic carbocycles. The molecule has 7 heteroatoms. The molecular formula is C11H18N4O3. The Hall–Kier alpha value is -2.05. The summed E-state index contributed by atoms with van der Waals surface area (Å²) in [6, 6.07) is -0.382. The predicted octanol–water partition coefficient (Wildman–Crippen LogP) is 0.710. The number of carboxylic acids is 1. The molecule has 7 nitrogen and oxygen atoms in total. The van der Waals surface area contributed by atoms with Gasteiger partial charge in [-0.25, -0.2) is 9.78 Å². The second-order valence-corrected chi connectivity index (χ2v) is 3.96. The summed E-state index contributed by atoms with van der Waals surface area (Å²) in [4.78, 5) is 28.9. The van der Waals surface area contributed by atoms with Crippen molar-refractivity contribution in [2.24, 2.45) is 5.92 Å². The van der Waals surface area contributed by atoms with E-state index in [2.05, 4.69) is 20.6 Å². The first-order valence-corrected chi connectivity index (χ1v) is 5.85. The van der Waals surface area contributed by atoms with Gasteiger partial charge in [0.25, 0.3) is 0 Å². The second-order valence-electron chi connectivity index (χ2n) is 3.96. The van der Waals surface area contributed by atoms with Crippen LogP contribution in [0.2, 0.25) is 0 Å². The molecule has 1 unspecified atom stereocenters. The molecule has 1 atom stereocenters. The fraction of sp³-hybridized carbons (Fsp3) is 0.545. The van der Waals surface area contributed by atoms with Gasteiger partial charge in [0.1, 0.15) is 0 Å². The molecule has 0 saturated carbocycles. The average Bonchev–Trinajstić information content (AvgIpc) is 2.84. The summed E-state index contributed by atoms with van der Waals surface area (Å²) >= 11 is 0. The third kappa shape index (κ3) is 4.86. The van der Waals surface area contributed by atoms with E-state index in [-0.39, 0.29) is 12.6 Å². The summed E-state index contributed by atoms with van der Waals surface area (Å²) in [6.45, 7) is 2.38. The summed E-state index contributed by atoms with van der Waals surface area (Å²) < 4.78 is 0. The third-order valence-corrected chi connectivity index (χ3v) is 2.49. The van der Waals surface area contributed by atoms with E-state index in [4.69, 9.17) is 5.11 Å². The minimum Gasteiger partial charge on any atom is -0.481 e. The molecule has 0 saturated heterocycles. The van der Waals surface area contributed by atoms with Crippen LogP contribution in [0.5, 0.6) is 0 Å². The number of rotatable bonds is 7. The van der Waals surface area contributed by atoms with Crippen LogP contribution in [0.25, 0.3) is 0 Å². The van der Waals surface area contributed by atoms with Gasteiger partial charge in [0.15, 0.2) is 0 Å². The maximum absolute atomic E-state index is 11.4. The molecule has 0 aromatic carbocycles. The number of urea groups is 1. The van der Waals surface area contributed by atoms with Crippen LogP contribution >= 0.6 is 0 Å². The number of amides is 2. The molecule has 1 heterocycles. The van der Waals surface area contributed by atoms with Crippen LogP contribution in [0.15, 0.2) is 12.5 Å². The number of carbonyl (C=O) groups excluding carboxylic acids is 1. The predicted molar refractivity (Wildman–Crippen MR) is 64.9 cm³/mol. The number of hydrogen-bond acceptors (Lipinski definition) is 3.